The number of pyridine rings is 2. The molecule has 2 aromatic heterocycles. The molecule has 20 heavy (non-hydrogen) atoms. The summed E-state index contributed by atoms with van der Waals surface area (Å²) in [5.41, 5.74) is 7.49. The summed E-state index contributed by atoms with van der Waals surface area (Å²) >= 11 is 0. The number of fused-ring (bicyclic) bond motifs is 1. The first-order valence-corrected chi connectivity index (χ1v) is 6.53. The molecule has 100 valence electrons. The number of hydrogen-bond acceptors (Lipinski definition) is 3. The number of hydrogen-bond donors (Lipinski definition) is 1. The van der Waals surface area contributed by atoms with Crippen molar-refractivity contribution in [3.05, 3.63) is 70.9 Å². The minimum atomic E-state index is -0.00858. The molecule has 0 unspecified atom stereocenters. The van der Waals surface area contributed by atoms with Crippen molar-refractivity contribution >= 4 is 16.5 Å². The maximum Gasteiger partial charge on any atom is 0.258 e. The van der Waals surface area contributed by atoms with E-state index in [1.165, 1.54) is 0 Å². The van der Waals surface area contributed by atoms with E-state index in [9.17, 15) is 4.79 Å². The topological polar surface area (TPSA) is 60.9 Å². The Morgan fingerprint density at radius 3 is 2.75 bits per heavy atom. The van der Waals surface area contributed by atoms with E-state index in [-0.39, 0.29) is 5.56 Å². The van der Waals surface area contributed by atoms with Gasteiger partial charge in [0.25, 0.3) is 5.56 Å². The van der Waals surface area contributed by atoms with Gasteiger partial charge in [0, 0.05) is 47.5 Å². The Morgan fingerprint density at radius 1 is 1.05 bits per heavy atom. The van der Waals surface area contributed by atoms with Crippen molar-refractivity contribution in [1.29, 1.82) is 0 Å². The smallest absolute Gasteiger partial charge is 0.258 e. The number of benzene rings is 1. The van der Waals surface area contributed by atoms with Crippen molar-refractivity contribution in [2.75, 3.05) is 5.73 Å². The van der Waals surface area contributed by atoms with Crippen LogP contribution in [0.15, 0.2) is 59.7 Å². The minimum absolute atomic E-state index is 0.00858. The number of nitrogens with two attached hydrogens (primary N) is 1. The molecule has 0 fully saturated rings. The van der Waals surface area contributed by atoms with E-state index in [1.807, 2.05) is 36.4 Å². The zero-order valence-electron chi connectivity index (χ0n) is 11.0. The van der Waals surface area contributed by atoms with Gasteiger partial charge in [-0.2, -0.15) is 0 Å². The van der Waals surface area contributed by atoms with E-state index in [1.54, 1.807) is 23.0 Å². The van der Waals surface area contributed by atoms with Crippen molar-refractivity contribution < 1.29 is 0 Å². The molecule has 0 aliphatic heterocycles. The van der Waals surface area contributed by atoms with Crippen LogP contribution < -0.4 is 11.3 Å². The number of nitrogen functional groups attached to an aromatic ring is 1. The fourth-order valence-electron chi connectivity index (χ4n) is 2.30. The zero-order valence-corrected chi connectivity index (χ0v) is 11.0. The van der Waals surface area contributed by atoms with Gasteiger partial charge in [-0.3, -0.25) is 9.78 Å². The number of aromatic nitrogens is 2. The lowest BCUT2D eigenvalue weighted by Gasteiger charge is -2.08. The normalized spacial score (nSPS) is 10.8. The van der Waals surface area contributed by atoms with Crippen LogP contribution >= 0.6 is 0 Å². The lowest BCUT2D eigenvalue weighted by molar-refractivity contribution is 0.666. The van der Waals surface area contributed by atoms with E-state index in [2.05, 4.69) is 4.98 Å². The molecule has 4 heteroatoms. The highest BCUT2D eigenvalue weighted by atomic mass is 16.1. The number of anilines is 1. The Hall–Kier alpha value is -2.62. The van der Waals surface area contributed by atoms with Crippen LogP contribution in [-0.2, 0) is 13.0 Å². The largest absolute Gasteiger partial charge is 0.398 e. The van der Waals surface area contributed by atoms with Crippen LogP contribution in [-0.4, -0.2) is 9.55 Å². The number of aryl methyl sites for hydroxylation is 2. The summed E-state index contributed by atoms with van der Waals surface area (Å²) in [6.07, 6.45) is 4.29. The highest BCUT2D eigenvalue weighted by molar-refractivity contribution is 5.91. The SMILES string of the molecule is Nc1cccc2c(=O)n(CCc3ccccn3)ccc12. The standard InChI is InChI=1S/C16H15N3O/c17-15-6-3-5-14-13(15)8-11-19(16(14)20)10-7-12-4-1-2-9-18-12/h1-6,8-9,11H,7,10,17H2. The molecule has 2 N–H and O–H groups in total. The summed E-state index contributed by atoms with van der Waals surface area (Å²) in [5.74, 6) is 0. The van der Waals surface area contributed by atoms with Gasteiger partial charge in [-0.15, -0.1) is 0 Å². The average Bonchev–Trinajstić information content (AvgIpc) is 2.48. The molecule has 0 radical (unpaired) electrons. The lowest BCUT2D eigenvalue weighted by atomic mass is 10.1. The van der Waals surface area contributed by atoms with E-state index in [0.717, 1.165) is 17.5 Å². The second-order valence-electron chi connectivity index (χ2n) is 4.69. The Kier molecular flexibility index (Phi) is 3.21. The van der Waals surface area contributed by atoms with Crippen molar-refractivity contribution in [2.24, 2.45) is 0 Å². The van der Waals surface area contributed by atoms with Gasteiger partial charge in [0.05, 0.1) is 0 Å². The fourth-order valence-corrected chi connectivity index (χ4v) is 2.30. The number of nitrogens with zero attached hydrogens (tertiary/aromatic N) is 2. The van der Waals surface area contributed by atoms with E-state index in [0.29, 0.717) is 17.6 Å². The first-order chi connectivity index (χ1) is 9.75. The van der Waals surface area contributed by atoms with Crippen LogP contribution in [0.1, 0.15) is 5.69 Å². The molecule has 0 spiro atoms. The van der Waals surface area contributed by atoms with Crippen LogP contribution in [0.25, 0.3) is 10.8 Å². The van der Waals surface area contributed by atoms with Crippen molar-refractivity contribution in [3.63, 3.8) is 0 Å². The molecule has 0 saturated carbocycles. The van der Waals surface area contributed by atoms with E-state index < -0.39 is 0 Å². The van der Waals surface area contributed by atoms with E-state index >= 15 is 0 Å². The Labute approximate surface area is 116 Å². The van der Waals surface area contributed by atoms with Crippen molar-refractivity contribution in [3.8, 4) is 0 Å². The first kappa shape index (κ1) is 12.4. The van der Waals surface area contributed by atoms with Gasteiger partial charge in [0.15, 0.2) is 0 Å². The summed E-state index contributed by atoms with van der Waals surface area (Å²) in [6, 6.07) is 13.1. The molecule has 0 aliphatic carbocycles. The zero-order chi connectivity index (χ0) is 13.9. The molecule has 0 aliphatic rings. The Morgan fingerprint density at radius 2 is 1.95 bits per heavy atom. The average molecular weight is 265 g/mol. The third-order valence-electron chi connectivity index (χ3n) is 3.39. The molecule has 3 rings (SSSR count). The van der Waals surface area contributed by atoms with Crippen molar-refractivity contribution in [2.45, 2.75) is 13.0 Å². The molecule has 0 saturated heterocycles. The van der Waals surface area contributed by atoms with Gasteiger partial charge >= 0.3 is 0 Å². The molecule has 1 aromatic carbocycles. The van der Waals surface area contributed by atoms with Gasteiger partial charge < -0.3 is 10.3 Å². The fraction of sp³-hybridized carbons (Fsp3) is 0.125. The van der Waals surface area contributed by atoms with Gasteiger partial charge in [-0.25, -0.2) is 0 Å². The van der Waals surface area contributed by atoms with E-state index in [4.69, 9.17) is 5.73 Å². The molecule has 0 bridgehead atoms. The predicted molar refractivity (Wildman–Crippen MR) is 80.6 cm³/mol. The maximum absolute atomic E-state index is 12.4. The lowest BCUT2D eigenvalue weighted by Crippen LogP contribution is -2.20. The summed E-state index contributed by atoms with van der Waals surface area (Å²) in [5, 5.41) is 1.47. The Bertz CT molecular complexity index is 794. The second kappa shape index (κ2) is 5.17. The highest BCUT2D eigenvalue weighted by Crippen LogP contribution is 2.16. The predicted octanol–water partition coefficient (Wildman–Crippen LogP) is 2.22. The summed E-state index contributed by atoms with van der Waals surface area (Å²) in [6.45, 7) is 0.612. The number of rotatable bonds is 3. The molecule has 0 amide bonds. The first-order valence-electron chi connectivity index (χ1n) is 6.53. The summed E-state index contributed by atoms with van der Waals surface area (Å²) in [4.78, 5) is 16.7. The van der Waals surface area contributed by atoms with Gasteiger partial charge in [0.2, 0.25) is 0 Å². The van der Waals surface area contributed by atoms with Crippen LogP contribution in [0.5, 0.6) is 0 Å². The van der Waals surface area contributed by atoms with Gasteiger partial charge in [-0.1, -0.05) is 12.1 Å². The van der Waals surface area contributed by atoms with Crippen LogP contribution in [0.3, 0.4) is 0 Å². The third kappa shape index (κ3) is 2.28. The highest BCUT2D eigenvalue weighted by Gasteiger charge is 2.05. The molecular weight excluding hydrogens is 250 g/mol. The summed E-state index contributed by atoms with van der Waals surface area (Å²) < 4.78 is 1.70. The maximum atomic E-state index is 12.4. The molecule has 0 atom stereocenters. The quantitative estimate of drug-likeness (QED) is 0.739. The third-order valence-corrected chi connectivity index (χ3v) is 3.39. The second-order valence-corrected chi connectivity index (χ2v) is 4.69. The van der Waals surface area contributed by atoms with Crippen molar-refractivity contribution in [1.82, 2.24) is 9.55 Å². The molecule has 4 nitrogen and oxygen atoms in total. The minimum Gasteiger partial charge on any atom is -0.398 e. The Balaban J connectivity index is 1.93. The van der Waals surface area contributed by atoms with Crippen LogP contribution in [0.2, 0.25) is 0 Å². The van der Waals surface area contributed by atoms with Crippen LogP contribution in [0.4, 0.5) is 5.69 Å². The monoisotopic (exact) mass is 265 g/mol. The van der Waals surface area contributed by atoms with Gasteiger partial charge in [0.1, 0.15) is 0 Å². The van der Waals surface area contributed by atoms with Crippen LogP contribution in [0, 0.1) is 0 Å². The molecule has 3 aromatic rings. The van der Waals surface area contributed by atoms with Gasteiger partial charge in [-0.05, 0) is 30.3 Å². The molecular formula is C16H15N3O. The summed E-state index contributed by atoms with van der Waals surface area (Å²) in [7, 11) is 0. The molecule has 2 heterocycles.